The van der Waals surface area contributed by atoms with E-state index in [0.29, 0.717) is 0 Å². The highest BCUT2D eigenvalue weighted by Gasteiger charge is 2.21. The number of rotatable bonds is 3. The van der Waals surface area contributed by atoms with Crippen molar-refractivity contribution in [1.29, 1.82) is 0 Å². The molecule has 1 N–H and O–H groups in total. The molecule has 1 aliphatic heterocycles. The van der Waals surface area contributed by atoms with E-state index in [0.717, 1.165) is 35.2 Å². The van der Waals surface area contributed by atoms with Gasteiger partial charge in [0.1, 0.15) is 5.82 Å². The summed E-state index contributed by atoms with van der Waals surface area (Å²) < 4.78 is 2.05. The zero-order valence-electron chi connectivity index (χ0n) is 12.4. The van der Waals surface area contributed by atoms with Crippen LogP contribution in [0.4, 0.5) is 5.82 Å². The zero-order chi connectivity index (χ0) is 14.8. The number of aromatic nitrogens is 2. The van der Waals surface area contributed by atoms with Gasteiger partial charge >= 0.3 is 0 Å². The van der Waals surface area contributed by atoms with Gasteiger partial charge in [-0.15, -0.1) is 0 Å². The summed E-state index contributed by atoms with van der Waals surface area (Å²) in [4.78, 5) is 0. The van der Waals surface area contributed by atoms with E-state index >= 15 is 0 Å². The van der Waals surface area contributed by atoms with E-state index in [4.69, 9.17) is 16.7 Å². The van der Waals surface area contributed by atoms with Crippen molar-refractivity contribution in [2.24, 2.45) is 0 Å². The first-order chi connectivity index (χ1) is 10.2. The fraction of sp³-hybridized carbons (Fsp3) is 0.438. The van der Waals surface area contributed by atoms with E-state index in [1.54, 1.807) is 0 Å². The third-order valence-corrected chi connectivity index (χ3v) is 4.69. The number of hydrogen-bond acceptors (Lipinski definition) is 3. The maximum absolute atomic E-state index is 6.18. The quantitative estimate of drug-likeness (QED) is 0.906. The van der Waals surface area contributed by atoms with E-state index in [1.165, 1.54) is 29.7 Å². The van der Waals surface area contributed by atoms with Gasteiger partial charge in [0, 0.05) is 22.9 Å². The van der Waals surface area contributed by atoms with Crippen molar-refractivity contribution in [3.8, 4) is 5.69 Å². The normalized spacial score (nSPS) is 14.4. The fourth-order valence-electron chi connectivity index (χ4n) is 2.81. The number of nitrogens with zero attached hydrogens (tertiary/aromatic N) is 2. The van der Waals surface area contributed by atoms with Crippen molar-refractivity contribution in [2.45, 2.75) is 31.9 Å². The molecule has 1 aromatic carbocycles. The Bertz CT molecular complexity index is 651. The van der Waals surface area contributed by atoms with Crippen molar-refractivity contribution in [1.82, 2.24) is 9.78 Å². The molecule has 5 heteroatoms. The Hall–Kier alpha value is -1.13. The summed E-state index contributed by atoms with van der Waals surface area (Å²) in [6, 6.07) is 5.98. The van der Waals surface area contributed by atoms with Gasteiger partial charge in [-0.05, 0) is 50.1 Å². The molecule has 21 heavy (non-hydrogen) atoms. The molecule has 0 bridgehead atoms. The van der Waals surface area contributed by atoms with Gasteiger partial charge in [-0.1, -0.05) is 17.7 Å². The summed E-state index contributed by atoms with van der Waals surface area (Å²) in [6.45, 7) is 3.11. The first kappa shape index (κ1) is 14.8. The molecule has 1 aliphatic rings. The Balaban J connectivity index is 2.15. The lowest BCUT2D eigenvalue weighted by molar-refractivity contribution is 0.771. The van der Waals surface area contributed by atoms with Gasteiger partial charge in [-0.25, -0.2) is 4.68 Å². The highest BCUT2D eigenvalue weighted by Crippen LogP contribution is 2.31. The minimum Gasteiger partial charge on any atom is -0.370 e. The van der Waals surface area contributed by atoms with Gasteiger partial charge in [0.05, 0.1) is 11.4 Å². The predicted molar refractivity (Wildman–Crippen MR) is 92.0 cm³/mol. The monoisotopic (exact) mass is 321 g/mol. The van der Waals surface area contributed by atoms with Gasteiger partial charge in [-0.3, -0.25) is 0 Å². The molecular formula is C16H20ClN3S. The summed E-state index contributed by atoms with van der Waals surface area (Å²) in [5.74, 6) is 2.11. The molecule has 0 atom stereocenters. The van der Waals surface area contributed by atoms with E-state index in [-0.39, 0.29) is 0 Å². The average Bonchev–Trinajstić information content (AvgIpc) is 2.66. The highest BCUT2D eigenvalue weighted by molar-refractivity contribution is 7.97. The molecule has 2 aromatic rings. The van der Waals surface area contributed by atoms with Crippen molar-refractivity contribution in [3.05, 3.63) is 40.0 Å². The Morgan fingerprint density at radius 1 is 1.38 bits per heavy atom. The van der Waals surface area contributed by atoms with E-state index in [1.807, 2.05) is 28.6 Å². The molecule has 0 unspecified atom stereocenters. The topological polar surface area (TPSA) is 29.9 Å². The number of anilines is 1. The largest absolute Gasteiger partial charge is 0.370 e. The van der Waals surface area contributed by atoms with Crippen LogP contribution in [0.25, 0.3) is 5.69 Å². The van der Waals surface area contributed by atoms with Gasteiger partial charge in [0.15, 0.2) is 0 Å². The second-order valence-corrected chi connectivity index (χ2v) is 6.74. The van der Waals surface area contributed by atoms with E-state index in [2.05, 4.69) is 24.6 Å². The van der Waals surface area contributed by atoms with Crippen LogP contribution in [0.1, 0.15) is 29.7 Å². The Morgan fingerprint density at radius 3 is 3.05 bits per heavy atom. The first-order valence-electron chi connectivity index (χ1n) is 7.31. The number of nitrogens with one attached hydrogen (secondary N) is 1. The van der Waals surface area contributed by atoms with Crippen molar-refractivity contribution in [2.75, 3.05) is 18.1 Å². The van der Waals surface area contributed by atoms with Crippen molar-refractivity contribution < 1.29 is 0 Å². The minimum absolute atomic E-state index is 0.750. The molecule has 0 saturated carbocycles. The lowest BCUT2D eigenvalue weighted by Crippen LogP contribution is -2.08. The number of benzene rings is 1. The predicted octanol–water partition coefficient (Wildman–Crippen LogP) is 4.45. The van der Waals surface area contributed by atoms with Crippen LogP contribution in [-0.2, 0) is 12.2 Å². The number of halogens is 1. The molecular weight excluding hydrogens is 302 g/mol. The third-order valence-electron chi connectivity index (χ3n) is 3.89. The second kappa shape index (κ2) is 6.32. The van der Waals surface area contributed by atoms with Gasteiger partial charge in [0.25, 0.3) is 0 Å². The van der Waals surface area contributed by atoms with Crippen LogP contribution in [-0.4, -0.2) is 22.6 Å². The highest BCUT2D eigenvalue weighted by atomic mass is 35.5. The Kier molecular flexibility index (Phi) is 4.45. The van der Waals surface area contributed by atoms with Crippen LogP contribution >= 0.6 is 23.4 Å². The SMILES string of the molecule is CSCc1nn(-c2cc(Cl)ccc2C)c2c1CCCCN2. The molecule has 0 saturated heterocycles. The molecule has 3 rings (SSSR count). The van der Waals surface area contributed by atoms with Crippen LogP contribution in [0.5, 0.6) is 0 Å². The Morgan fingerprint density at radius 2 is 2.24 bits per heavy atom. The molecule has 0 aliphatic carbocycles. The van der Waals surface area contributed by atoms with Crippen LogP contribution in [0.15, 0.2) is 18.2 Å². The third kappa shape index (κ3) is 2.92. The van der Waals surface area contributed by atoms with Crippen LogP contribution < -0.4 is 5.32 Å². The summed E-state index contributed by atoms with van der Waals surface area (Å²) in [7, 11) is 0. The molecule has 0 radical (unpaired) electrons. The molecule has 1 aromatic heterocycles. The molecule has 0 fully saturated rings. The lowest BCUT2D eigenvalue weighted by Gasteiger charge is -2.12. The van der Waals surface area contributed by atoms with Crippen molar-refractivity contribution >= 4 is 29.2 Å². The minimum atomic E-state index is 0.750. The van der Waals surface area contributed by atoms with Gasteiger partial charge in [0.2, 0.25) is 0 Å². The standard InChI is InChI=1S/C16H20ClN3S/c1-11-6-7-12(17)9-15(11)20-16-13(5-3-4-8-18-16)14(19-20)10-21-2/h6-7,9,18H,3-5,8,10H2,1-2H3. The second-order valence-electron chi connectivity index (χ2n) is 5.43. The maximum atomic E-state index is 6.18. The zero-order valence-corrected chi connectivity index (χ0v) is 14.0. The molecule has 0 amide bonds. The maximum Gasteiger partial charge on any atom is 0.133 e. The number of aryl methyl sites for hydroxylation is 1. The average molecular weight is 322 g/mol. The van der Waals surface area contributed by atoms with E-state index in [9.17, 15) is 0 Å². The molecule has 0 spiro atoms. The molecule has 2 heterocycles. The summed E-state index contributed by atoms with van der Waals surface area (Å²) >= 11 is 8.01. The van der Waals surface area contributed by atoms with Crippen LogP contribution in [0, 0.1) is 6.92 Å². The number of hydrogen-bond donors (Lipinski definition) is 1. The lowest BCUT2D eigenvalue weighted by atomic mass is 10.1. The summed E-state index contributed by atoms with van der Waals surface area (Å²) in [6.07, 6.45) is 5.67. The van der Waals surface area contributed by atoms with Crippen molar-refractivity contribution in [3.63, 3.8) is 0 Å². The first-order valence-corrected chi connectivity index (χ1v) is 9.08. The number of thioether (sulfide) groups is 1. The van der Waals surface area contributed by atoms with Gasteiger partial charge < -0.3 is 5.32 Å². The van der Waals surface area contributed by atoms with Gasteiger partial charge in [-0.2, -0.15) is 16.9 Å². The molecule has 3 nitrogen and oxygen atoms in total. The summed E-state index contributed by atoms with van der Waals surface area (Å²) in [5.41, 5.74) is 4.83. The number of fused-ring (bicyclic) bond motifs is 1. The molecule has 112 valence electrons. The van der Waals surface area contributed by atoms with Crippen LogP contribution in [0.3, 0.4) is 0 Å². The smallest absolute Gasteiger partial charge is 0.133 e. The summed E-state index contributed by atoms with van der Waals surface area (Å²) in [5, 5.41) is 9.19. The Labute approximate surface area is 135 Å². The van der Waals surface area contributed by atoms with Crippen LogP contribution in [0.2, 0.25) is 5.02 Å². The fourth-order valence-corrected chi connectivity index (χ4v) is 3.48. The van der Waals surface area contributed by atoms with E-state index < -0.39 is 0 Å².